The van der Waals surface area contributed by atoms with Gasteiger partial charge in [-0.3, -0.25) is 0 Å². The van der Waals surface area contributed by atoms with Crippen molar-refractivity contribution >= 4 is 10.0 Å². The fourth-order valence-electron chi connectivity index (χ4n) is 2.84. The summed E-state index contributed by atoms with van der Waals surface area (Å²) >= 11 is 0. The van der Waals surface area contributed by atoms with Crippen molar-refractivity contribution in [3.8, 4) is 0 Å². The SMILES string of the molecule is CCC(CC)CS(=O)(=O)N1CCCCC[C@@H]1CC. The molecule has 0 radical (unpaired) electrons. The molecule has 1 aliphatic rings. The molecule has 0 unspecified atom stereocenters. The van der Waals surface area contributed by atoms with Crippen molar-refractivity contribution in [2.45, 2.75) is 71.8 Å². The van der Waals surface area contributed by atoms with Gasteiger partial charge in [-0.1, -0.05) is 46.5 Å². The minimum atomic E-state index is -3.06. The number of rotatable bonds is 6. The average molecular weight is 275 g/mol. The highest BCUT2D eigenvalue weighted by Gasteiger charge is 2.31. The van der Waals surface area contributed by atoms with E-state index >= 15 is 0 Å². The molecule has 0 N–H and O–H groups in total. The summed E-state index contributed by atoms with van der Waals surface area (Å²) < 4.78 is 26.9. The zero-order valence-corrected chi connectivity index (χ0v) is 13.0. The molecule has 0 saturated carbocycles. The first-order valence-corrected chi connectivity index (χ1v) is 9.15. The number of hydrogen-bond donors (Lipinski definition) is 0. The van der Waals surface area contributed by atoms with Gasteiger partial charge in [0.2, 0.25) is 10.0 Å². The second-order valence-corrected chi connectivity index (χ2v) is 7.45. The van der Waals surface area contributed by atoms with Crippen molar-refractivity contribution in [3.63, 3.8) is 0 Å². The van der Waals surface area contributed by atoms with Crippen LogP contribution in [0.2, 0.25) is 0 Å². The van der Waals surface area contributed by atoms with Crippen molar-refractivity contribution < 1.29 is 8.42 Å². The van der Waals surface area contributed by atoms with Crippen LogP contribution in [0, 0.1) is 5.92 Å². The van der Waals surface area contributed by atoms with E-state index in [1.54, 1.807) is 0 Å². The summed E-state index contributed by atoms with van der Waals surface area (Å²) in [4.78, 5) is 0. The van der Waals surface area contributed by atoms with Crippen molar-refractivity contribution in [2.24, 2.45) is 5.92 Å². The molecule has 1 rings (SSSR count). The number of sulfonamides is 1. The van der Waals surface area contributed by atoms with Gasteiger partial charge in [0, 0.05) is 12.6 Å². The van der Waals surface area contributed by atoms with Crippen molar-refractivity contribution in [2.75, 3.05) is 12.3 Å². The van der Waals surface area contributed by atoms with Crippen LogP contribution in [0.5, 0.6) is 0 Å². The lowest BCUT2D eigenvalue weighted by Crippen LogP contribution is -2.42. The van der Waals surface area contributed by atoms with E-state index in [4.69, 9.17) is 0 Å². The maximum Gasteiger partial charge on any atom is 0.214 e. The van der Waals surface area contributed by atoms with Crippen LogP contribution in [0.15, 0.2) is 0 Å². The minimum absolute atomic E-state index is 0.242. The molecule has 1 saturated heterocycles. The maximum atomic E-state index is 12.6. The van der Waals surface area contributed by atoms with Crippen molar-refractivity contribution in [1.29, 1.82) is 0 Å². The Morgan fingerprint density at radius 3 is 2.33 bits per heavy atom. The van der Waals surface area contributed by atoms with Crippen LogP contribution in [0.25, 0.3) is 0 Å². The highest BCUT2D eigenvalue weighted by Crippen LogP contribution is 2.24. The van der Waals surface area contributed by atoms with Crippen LogP contribution < -0.4 is 0 Å². The average Bonchev–Trinajstić information content (AvgIpc) is 2.61. The Bertz CT molecular complexity index is 323. The molecule has 1 aliphatic heterocycles. The molecule has 0 aliphatic carbocycles. The van der Waals surface area contributed by atoms with E-state index in [9.17, 15) is 8.42 Å². The molecular formula is C14H29NO2S. The molecule has 3 nitrogen and oxygen atoms in total. The Labute approximate surface area is 113 Å². The van der Waals surface area contributed by atoms with Gasteiger partial charge in [-0.05, 0) is 25.2 Å². The predicted octanol–water partition coefficient (Wildman–Crippen LogP) is 3.41. The second kappa shape index (κ2) is 7.49. The van der Waals surface area contributed by atoms with Gasteiger partial charge >= 0.3 is 0 Å². The van der Waals surface area contributed by atoms with Crippen LogP contribution in [-0.4, -0.2) is 31.1 Å². The Kier molecular flexibility index (Phi) is 6.64. The van der Waals surface area contributed by atoms with Crippen LogP contribution in [0.1, 0.15) is 65.7 Å². The molecule has 1 heterocycles. The number of nitrogens with zero attached hydrogens (tertiary/aromatic N) is 1. The monoisotopic (exact) mass is 275 g/mol. The van der Waals surface area contributed by atoms with E-state index in [-0.39, 0.29) is 6.04 Å². The smallest absolute Gasteiger partial charge is 0.212 e. The topological polar surface area (TPSA) is 37.4 Å². The second-order valence-electron chi connectivity index (χ2n) is 5.48. The summed E-state index contributed by atoms with van der Waals surface area (Å²) in [5.41, 5.74) is 0. The van der Waals surface area contributed by atoms with E-state index in [0.717, 1.165) is 38.6 Å². The minimum Gasteiger partial charge on any atom is -0.212 e. The normalized spacial score (nSPS) is 23.2. The van der Waals surface area contributed by atoms with Gasteiger partial charge in [0.05, 0.1) is 5.75 Å². The third-order valence-electron chi connectivity index (χ3n) is 4.25. The van der Waals surface area contributed by atoms with E-state index in [1.807, 2.05) is 4.31 Å². The highest BCUT2D eigenvalue weighted by molar-refractivity contribution is 7.89. The summed E-state index contributed by atoms with van der Waals surface area (Å²) in [7, 11) is -3.06. The lowest BCUT2D eigenvalue weighted by atomic mass is 10.1. The molecule has 0 bridgehead atoms. The Hall–Kier alpha value is -0.0900. The van der Waals surface area contributed by atoms with Crippen molar-refractivity contribution in [1.82, 2.24) is 4.31 Å². The first kappa shape index (κ1) is 16.0. The van der Waals surface area contributed by atoms with Crippen LogP contribution in [0.3, 0.4) is 0 Å². The molecule has 4 heteroatoms. The molecular weight excluding hydrogens is 246 g/mol. The lowest BCUT2D eigenvalue weighted by Gasteiger charge is -2.29. The van der Waals surface area contributed by atoms with Gasteiger partial charge in [0.1, 0.15) is 0 Å². The Balaban J connectivity index is 2.79. The molecule has 0 aromatic carbocycles. The summed E-state index contributed by atoms with van der Waals surface area (Å²) in [5, 5.41) is 0. The first-order chi connectivity index (χ1) is 8.55. The third-order valence-corrected chi connectivity index (χ3v) is 6.34. The Morgan fingerprint density at radius 2 is 1.78 bits per heavy atom. The Morgan fingerprint density at radius 1 is 1.11 bits per heavy atom. The predicted molar refractivity (Wildman–Crippen MR) is 77.1 cm³/mol. The van der Waals surface area contributed by atoms with Crippen molar-refractivity contribution in [3.05, 3.63) is 0 Å². The molecule has 0 aromatic heterocycles. The van der Waals surface area contributed by atoms with Gasteiger partial charge in [0.25, 0.3) is 0 Å². The molecule has 1 fully saturated rings. The van der Waals surface area contributed by atoms with E-state index < -0.39 is 10.0 Å². The zero-order chi connectivity index (χ0) is 13.6. The maximum absolute atomic E-state index is 12.6. The van der Waals surface area contributed by atoms with Crippen LogP contribution >= 0.6 is 0 Å². The highest BCUT2D eigenvalue weighted by atomic mass is 32.2. The van der Waals surface area contributed by atoms with E-state index in [1.165, 1.54) is 12.8 Å². The molecule has 0 spiro atoms. The number of hydrogen-bond acceptors (Lipinski definition) is 2. The fraction of sp³-hybridized carbons (Fsp3) is 1.00. The quantitative estimate of drug-likeness (QED) is 0.745. The lowest BCUT2D eigenvalue weighted by molar-refractivity contribution is 0.311. The largest absolute Gasteiger partial charge is 0.214 e. The van der Waals surface area contributed by atoms with Gasteiger partial charge in [-0.15, -0.1) is 0 Å². The van der Waals surface area contributed by atoms with Gasteiger partial charge in [0.15, 0.2) is 0 Å². The molecule has 0 amide bonds. The third kappa shape index (κ3) is 4.23. The van der Waals surface area contributed by atoms with Gasteiger partial charge in [-0.25, -0.2) is 8.42 Å². The standard InChI is InChI=1S/C14H29NO2S/c1-4-13(5-2)12-18(16,17)15-11-9-7-8-10-14(15)6-3/h13-14H,4-12H2,1-3H3/t14-/m0/s1. The molecule has 18 heavy (non-hydrogen) atoms. The van der Waals surface area contributed by atoms with Crippen LogP contribution in [-0.2, 0) is 10.0 Å². The zero-order valence-electron chi connectivity index (χ0n) is 12.2. The summed E-state index contributed by atoms with van der Waals surface area (Å²) in [6.07, 6.45) is 7.28. The van der Waals surface area contributed by atoms with Crippen LogP contribution in [0.4, 0.5) is 0 Å². The summed E-state index contributed by atoms with van der Waals surface area (Å²) in [6, 6.07) is 0.242. The summed E-state index contributed by atoms with van der Waals surface area (Å²) in [6.45, 7) is 7.02. The van der Waals surface area contributed by atoms with E-state index in [2.05, 4.69) is 20.8 Å². The summed E-state index contributed by atoms with van der Waals surface area (Å²) in [5.74, 6) is 0.659. The molecule has 108 valence electrons. The first-order valence-electron chi connectivity index (χ1n) is 7.54. The molecule has 1 atom stereocenters. The van der Waals surface area contributed by atoms with Gasteiger partial charge in [-0.2, -0.15) is 4.31 Å². The van der Waals surface area contributed by atoms with E-state index in [0.29, 0.717) is 11.7 Å². The fourth-order valence-corrected chi connectivity index (χ4v) is 5.22. The van der Waals surface area contributed by atoms with Gasteiger partial charge < -0.3 is 0 Å². The molecule has 0 aromatic rings.